The molecule has 2 aromatic heterocycles. The molecule has 0 bridgehead atoms. The third kappa shape index (κ3) is 3.82. The maximum Gasteiger partial charge on any atom is 0.245 e. The van der Waals surface area contributed by atoms with Crippen molar-refractivity contribution >= 4 is 34.7 Å². The standard InChI is InChI=1S/C16H24N6O2S/c1-21(5-2-12-3-8-23-9-4-12)15-16(22-6-10-25-11-7-22)18-14-13(17-15)19-24-20-14/h12H,2-11H2,1H3. The van der Waals surface area contributed by atoms with Gasteiger partial charge in [0.1, 0.15) is 0 Å². The topological polar surface area (TPSA) is 80.4 Å². The predicted octanol–water partition coefficient (Wildman–Crippen LogP) is 1.82. The zero-order chi connectivity index (χ0) is 17.1. The van der Waals surface area contributed by atoms with Gasteiger partial charge in [-0.3, -0.25) is 0 Å². The van der Waals surface area contributed by atoms with Gasteiger partial charge in [-0.15, -0.1) is 0 Å². The van der Waals surface area contributed by atoms with Gasteiger partial charge in [0.2, 0.25) is 11.3 Å². The van der Waals surface area contributed by atoms with Crippen molar-refractivity contribution in [1.82, 2.24) is 20.3 Å². The van der Waals surface area contributed by atoms with Crippen LogP contribution >= 0.6 is 11.8 Å². The highest BCUT2D eigenvalue weighted by molar-refractivity contribution is 7.99. The highest BCUT2D eigenvalue weighted by atomic mass is 32.2. The average Bonchev–Trinajstić information content (AvgIpc) is 3.14. The van der Waals surface area contributed by atoms with Gasteiger partial charge >= 0.3 is 0 Å². The van der Waals surface area contributed by atoms with Crippen molar-refractivity contribution in [2.24, 2.45) is 5.92 Å². The zero-order valence-corrected chi connectivity index (χ0v) is 15.4. The molecule has 2 aliphatic heterocycles. The maximum atomic E-state index is 5.46. The Morgan fingerprint density at radius 2 is 1.84 bits per heavy atom. The Kier molecular flexibility index (Phi) is 5.21. The van der Waals surface area contributed by atoms with E-state index in [1.165, 1.54) is 0 Å². The molecule has 0 spiro atoms. The van der Waals surface area contributed by atoms with E-state index in [1.54, 1.807) is 0 Å². The number of anilines is 2. The van der Waals surface area contributed by atoms with Crippen molar-refractivity contribution < 1.29 is 9.37 Å². The first-order valence-electron chi connectivity index (χ1n) is 8.93. The van der Waals surface area contributed by atoms with Crippen LogP contribution in [0.1, 0.15) is 19.3 Å². The van der Waals surface area contributed by atoms with Crippen LogP contribution in [0.5, 0.6) is 0 Å². The highest BCUT2D eigenvalue weighted by Gasteiger charge is 2.23. The summed E-state index contributed by atoms with van der Waals surface area (Å²) in [5.74, 6) is 4.74. The summed E-state index contributed by atoms with van der Waals surface area (Å²) in [4.78, 5) is 13.9. The van der Waals surface area contributed by atoms with E-state index in [4.69, 9.17) is 19.3 Å². The van der Waals surface area contributed by atoms with Gasteiger partial charge in [0, 0.05) is 51.4 Å². The second-order valence-corrected chi connectivity index (χ2v) is 7.87. The molecular weight excluding hydrogens is 340 g/mol. The van der Waals surface area contributed by atoms with Crippen molar-refractivity contribution in [3.05, 3.63) is 0 Å². The first-order valence-corrected chi connectivity index (χ1v) is 10.1. The Hall–Kier alpha value is -1.61. The lowest BCUT2D eigenvalue weighted by Crippen LogP contribution is -2.35. The minimum atomic E-state index is 0.475. The Labute approximate surface area is 151 Å². The van der Waals surface area contributed by atoms with Crippen molar-refractivity contribution in [1.29, 1.82) is 0 Å². The third-order valence-electron chi connectivity index (χ3n) is 4.96. The molecule has 9 heteroatoms. The minimum absolute atomic E-state index is 0.475. The molecule has 136 valence electrons. The Morgan fingerprint density at radius 1 is 1.12 bits per heavy atom. The summed E-state index contributed by atoms with van der Waals surface area (Å²) in [6.45, 7) is 4.70. The Bertz CT molecular complexity index is 699. The lowest BCUT2D eigenvalue weighted by molar-refractivity contribution is 0.0645. The van der Waals surface area contributed by atoms with E-state index < -0.39 is 0 Å². The zero-order valence-electron chi connectivity index (χ0n) is 14.6. The third-order valence-corrected chi connectivity index (χ3v) is 5.91. The van der Waals surface area contributed by atoms with E-state index >= 15 is 0 Å². The van der Waals surface area contributed by atoms with Gasteiger partial charge in [0.15, 0.2) is 11.6 Å². The van der Waals surface area contributed by atoms with Gasteiger partial charge in [-0.25, -0.2) is 14.6 Å². The monoisotopic (exact) mass is 364 g/mol. The van der Waals surface area contributed by atoms with Gasteiger partial charge in [-0.1, -0.05) is 0 Å². The highest BCUT2D eigenvalue weighted by Crippen LogP contribution is 2.29. The van der Waals surface area contributed by atoms with Crippen molar-refractivity contribution in [3.8, 4) is 0 Å². The smallest absolute Gasteiger partial charge is 0.245 e. The van der Waals surface area contributed by atoms with Gasteiger partial charge < -0.3 is 14.5 Å². The van der Waals surface area contributed by atoms with Gasteiger partial charge in [0.05, 0.1) is 0 Å². The fourth-order valence-corrected chi connectivity index (χ4v) is 4.28. The quantitative estimate of drug-likeness (QED) is 0.789. The number of hydrogen-bond donors (Lipinski definition) is 0. The lowest BCUT2D eigenvalue weighted by Gasteiger charge is -2.31. The number of hydrogen-bond acceptors (Lipinski definition) is 9. The second-order valence-electron chi connectivity index (χ2n) is 6.65. The average molecular weight is 364 g/mol. The molecule has 2 fully saturated rings. The molecule has 4 heterocycles. The number of aromatic nitrogens is 4. The predicted molar refractivity (Wildman–Crippen MR) is 98.4 cm³/mol. The fourth-order valence-electron chi connectivity index (χ4n) is 3.38. The normalized spacial score (nSPS) is 19.5. The molecular formula is C16H24N6O2S. The largest absolute Gasteiger partial charge is 0.381 e. The molecule has 25 heavy (non-hydrogen) atoms. The van der Waals surface area contributed by atoms with E-state index in [0.717, 1.165) is 81.2 Å². The summed E-state index contributed by atoms with van der Waals surface area (Å²) in [5, 5.41) is 7.74. The van der Waals surface area contributed by atoms with Crippen LogP contribution in [0, 0.1) is 5.92 Å². The summed E-state index contributed by atoms with van der Waals surface area (Å²) in [6.07, 6.45) is 3.45. The van der Waals surface area contributed by atoms with Crippen LogP contribution in [0.2, 0.25) is 0 Å². The van der Waals surface area contributed by atoms with Gasteiger partial charge in [-0.05, 0) is 35.5 Å². The molecule has 0 amide bonds. The summed E-state index contributed by atoms with van der Waals surface area (Å²) in [5.41, 5.74) is 0.956. The van der Waals surface area contributed by atoms with Crippen LogP contribution in [0.15, 0.2) is 4.63 Å². The molecule has 4 rings (SSSR count). The lowest BCUT2D eigenvalue weighted by atomic mass is 9.96. The van der Waals surface area contributed by atoms with E-state index in [9.17, 15) is 0 Å². The molecule has 2 saturated heterocycles. The van der Waals surface area contributed by atoms with Gasteiger partial charge in [0.25, 0.3) is 0 Å². The molecule has 0 radical (unpaired) electrons. The molecule has 2 aromatic rings. The molecule has 0 N–H and O–H groups in total. The molecule has 0 aromatic carbocycles. The van der Waals surface area contributed by atoms with E-state index in [1.807, 2.05) is 11.8 Å². The molecule has 2 aliphatic rings. The fraction of sp³-hybridized carbons (Fsp3) is 0.750. The van der Waals surface area contributed by atoms with Crippen LogP contribution in [0.3, 0.4) is 0 Å². The van der Waals surface area contributed by atoms with Gasteiger partial charge in [-0.2, -0.15) is 11.8 Å². The van der Waals surface area contributed by atoms with Crippen LogP contribution in [-0.4, -0.2) is 71.7 Å². The Balaban J connectivity index is 1.55. The second kappa shape index (κ2) is 7.74. The maximum absolute atomic E-state index is 5.46. The summed E-state index contributed by atoms with van der Waals surface area (Å²) >= 11 is 1.98. The van der Waals surface area contributed by atoms with Crippen molar-refractivity contribution in [3.63, 3.8) is 0 Å². The molecule has 0 aliphatic carbocycles. The first kappa shape index (κ1) is 16.8. The number of fused-ring (bicyclic) bond motifs is 1. The summed E-state index contributed by atoms with van der Waals surface area (Å²) in [6, 6.07) is 0. The van der Waals surface area contributed by atoms with E-state index in [-0.39, 0.29) is 0 Å². The first-order chi connectivity index (χ1) is 12.3. The van der Waals surface area contributed by atoms with Crippen molar-refractivity contribution in [2.75, 3.05) is 61.2 Å². The number of rotatable bonds is 5. The minimum Gasteiger partial charge on any atom is -0.381 e. The van der Waals surface area contributed by atoms with Crippen LogP contribution in [0.25, 0.3) is 11.3 Å². The van der Waals surface area contributed by atoms with Crippen molar-refractivity contribution in [2.45, 2.75) is 19.3 Å². The van der Waals surface area contributed by atoms with E-state index in [2.05, 4.69) is 27.2 Å². The summed E-state index contributed by atoms with van der Waals surface area (Å²) in [7, 11) is 2.09. The molecule has 0 unspecified atom stereocenters. The van der Waals surface area contributed by atoms with Crippen LogP contribution in [-0.2, 0) is 4.74 Å². The molecule has 0 atom stereocenters. The molecule has 8 nitrogen and oxygen atoms in total. The number of nitrogens with zero attached hydrogens (tertiary/aromatic N) is 6. The SMILES string of the molecule is CN(CCC1CCOCC1)c1nc2nonc2nc1N1CCSCC1. The Morgan fingerprint density at radius 3 is 2.60 bits per heavy atom. The van der Waals surface area contributed by atoms with Crippen LogP contribution in [0.4, 0.5) is 11.6 Å². The summed E-state index contributed by atoms with van der Waals surface area (Å²) < 4.78 is 10.3. The number of thioether (sulfide) groups is 1. The van der Waals surface area contributed by atoms with Crippen LogP contribution < -0.4 is 9.80 Å². The number of ether oxygens (including phenoxy) is 1. The van der Waals surface area contributed by atoms with E-state index in [0.29, 0.717) is 11.3 Å². The molecule has 0 saturated carbocycles.